The second-order valence-electron chi connectivity index (χ2n) is 6.17. The molecular weight excluding hydrogens is 362 g/mol. The smallest absolute Gasteiger partial charge is 0.306 e. The summed E-state index contributed by atoms with van der Waals surface area (Å²) in [5, 5.41) is 6.78. The van der Waals surface area contributed by atoms with E-state index in [9.17, 15) is 9.59 Å². The topological polar surface area (TPSA) is 108 Å². The molecule has 1 aromatic carbocycles. The minimum absolute atomic E-state index is 0.135. The molecule has 0 saturated carbocycles. The lowest BCUT2D eigenvalue weighted by atomic mass is 10.1. The van der Waals surface area contributed by atoms with Gasteiger partial charge in [-0.2, -0.15) is 10.1 Å². The number of anilines is 1. The molecule has 2 heterocycles. The third-order valence-electron chi connectivity index (χ3n) is 4.29. The predicted molar refractivity (Wildman–Crippen MR) is 101 cm³/mol. The van der Waals surface area contributed by atoms with Crippen LogP contribution in [0.5, 0.6) is 5.75 Å². The molecule has 1 N–H and O–H groups in total. The molecule has 146 valence electrons. The second-order valence-corrected chi connectivity index (χ2v) is 6.17. The Morgan fingerprint density at radius 1 is 1.25 bits per heavy atom. The Labute approximate surface area is 161 Å². The van der Waals surface area contributed by atoms with Crippen molar-refractivity contribution in [1.29, 1.82) is 0 Å². The van der Waals surface area contributed by atoms with E-state index < -0.39 is 11.9 Å². The lowest BCUT2D eigenvalue weighted by Gasteiger charge is -2.10. The molecule has 0 atom stereocenters. The van der Waals surface area contributed by atoms with Gasteiger partial charge < -0.3 is 14.8 Å². The Balaban J connectivity index is 1.51. The highest BCUT2D eigenvalue weighted by Gasteiger charge is 2.14. The number of aromatic nitrogens is 4. The summed E-state index contributed by atoms with van der Waals surface area (Å²) in [4.78, 5) is 32.4. The van der Waals surface area contributed by atoms with Crippen molar-refractivity contribution < 1.29 is 19.1 Å². The average molecular weight is 383 g/mol. The molecule has 9 nitrogen and oxygen atoms in total. The van der Waals surface area contributed by atoms with Gasteiger partial charge in [-0.1, -0.05) is 6.07 Å². The van der Waals surface area contributed by atoms with Gasteiger partial charge in [0.25, 0.3) is 11.7 Å². The summed E-state index contributed by atoms with van der Waals surface area (Å²) in [5.41, 5.74) is 3.15. The van der Waals surface area contributed by atoms with E-state index in [2.05, 4.69) is 20.4 Å². The van der Waals surface area contributed by atoms with Gasteiger partial charge in [0.15, 0.2) is 6.61 Å². The van der Waals surface area contributed by atoms with Crippen molar-refractivity contribution in [3.63, 3.8) is 0 Å². The minimum Gasteiger partial charge on any atom is -0.497 e. The number of nitrogens with zero attached hydrogens (tertiary/aromatic N) is 4. The molecule has 0 bridgehead atoms. The molecule has 0 aliphatic carbocycles. The van der Waals surface area contributed by atoms with Gasteiger partial charge in [-0.3, -0.25) is 9.59 Å². The molecule has 3 aromatic rings. The van der Waals surface area contributed by atoms with Gasteiger partial charge in [-0.25, -0.2) is 9.50 Å². The SMILES string of the molecule is COc1cccc(NC(=O)COC(=O)CCc2c(C)nc3ncnn3c2C)c1. The van der Waals surface area contributed by atoms with E-state index in [1.54, 1.807) is 35.9 Å². The zero-order chi connectivity index (χ0) is 20.1. The number of rotatable bonds is 7. The fourth-order valence-electron chi connectivity index (χ4n) is 2.86. The van der Waals surface area contributed by atoms with Crippen molar-refractivity contribution >= 4 is 23.3 Å². The zero-order valence-corrected chi connectivity index (χ0v) is 15.9. The number of ether oxygens (including phenoxy) is 2. The number of esters is 1. The highest BCUT2D eigenvalue weighted by Crippen LogP contribution is 2.17. The lowest BCUT2D eigenvalue weighted by molar-refractivity contribution is -0.147. The molecule has 0 fully saturated rings. The number of hydrogen-bond acceptors (Lipinski definition) is 7. The van der Waals surface area contributed by atoms with Gasteiger partial charge in [0, 0.05) is 29.6 Å². The number of carbonyl (C=O) groups excluding carboxylic acids is 2. The zero-order valence-electron chi connectivity index (χ0n) is 15.9. The highest BCUT2D eigenvalue weighted by atomic mass is 16.5. The monoisotopic (exact) mass is 383 g/mol. The Morgan fingerprint density at radius 3 is 2.86 bits per heavy atom. The summed E-state index contributed by atoms with van der Waals surface area (Å²) < 4.78 is 11.8. The van der Waals surface area contributed by atoms with Crippen LogP contribution in [0.15, 0.2) is 30.6 Å². The maximum atomic E-state index is 12.0. The van der Waals surface area contributed by atoms with Crippen LogP contribution >= 0.6 is 0 Å². The van der Waals surface area contributed by atoms with Crippen molar-refractivity contribution in [1.82, 2.24) is 19.6 Å². The molecule has 3 rings (SSSR count). The summed E-state index contributed by atoms with van der Waals surface area (Å²) in [6.07, 6.45) is 2.01. The Morgan fingerprint density at radius 2 is 2.07 bits per heavy atom. The summed E-state index contributed by atoms with van der Waals surface area (Å²) in [5.74, 6) is 0.270. The maximum absolute atomic E-state index is 12.0. The van der Waals surface area contributed by atoms with Gasteiger partial charge in [0.2, 0.25) is 0 Å². The maximum Gasteiger partial charge on any atom is 0.306 e. The number of hydrogen-bond donors (Lipinski definition) is 1. The van der Waals surface area contributed by atoms with Crippen LogP contribution in [0, 0.1) is 13.8 Å². The van der Waals surface area contributed by atoms with Crippen molar-refractivity contribution in [2.24, 2.45) is 0 Å². The fourth-order valence-corrected chi connectivity index (χ4v) is 2.86. The molecule has 1 amide bonds. The van der Waals surface area contributed by atoms with Crippen molar-refractivity contribution in [3.05, 3.63) is 47.5 Å². The third kappa shape index (κ3) is 4.43. The van der Waals surface area contributed by atoms with Gasteiger partial charge in [0.1, 0.15) is 12.1 Å². The van der Waals surface area contributed by atoms with E-state index in [0.717, 1.165) is 17.0 Å². The van der Waals surface area contributed by atoms with E-state index in [0.29, 0.717) is 23.6 Å². The Kier molecular flexibility index (Phi) is 5.83. The van der Waals surface area contributed by atoms with E-state index in [1.807, 2.05) is 13.8 Å². The Bertz CT molecular complexity index is 1010. The first-order valence-corrected chi connectivity index (χ1v) is 8.73. The van der Waals surface area contributed by atoms with E-state index in [4.69, 9.17) is 9.47 Å². The first kappa shape index (κ1) is 19.3. The molecule has 0 aliphatic heterocycles. The normalized spacial score (nSPS) is 10.7. The van der Waals surface area contributed by atoms with Crippen LogP contribution in [0.2, 0.25) is 0 Å². The largest absolute Gasteiger partial charge is 0.497 e. The van der Waals surface area contributed by atoms with Crippen LogP contribution in [-0.2, 0) is 20.7 Å². The summed E-state index contributed by atoms with van der Waals surface area (Å²) in [6.45, 7) is 3.41. The van der Waals surface area contributed by atoms with Gasteiger partial charge in [-0.05, 0) is 38.0 Å². The summed E-state index contributed by atoms with van der Waals surface area (Å²) >= 11 is 0. The molecule has 0 radical (unpaired) electrons. The van der Waals surface area contributed by atoms with Gasteiger partial charge >= 0.3 is 5.97 Å². The van der Waals surface area contributed by atoms with Crippen LogP contribution < -0.4 is 10.1 Å². The standard InChI is InChI=1S/C19H21N5O4/c1-12-16(13(2)24-19(22-12)20-11-21-24)7-8-18(26)28-10-17(25)23-14-5-4-6-15(9-14)27-3/h4-6,9,11H,7-8,10H2,1-3H3,(H,23,25). The first-order valence-electron chi connectivity index (χ1n) is 8.73. The van der Waals surface area contributed by atoms with Crippen LogP contribution in [-0.4, -0.2) is 45.2 Å². The number of fused-ring (bicyclic) bond motifs is 1. The van der Waals surface area contributed by atoms with Gasteiger partial charge in [-0.15, -0.1) is 0 Å². The van der Waals surface area contributed by atoms with Crippen molar-refractivity contribution in [2.75, 3.05) is 19.0 Å². The minimum atomic E-state index is -0.460. The molecular formula is C19H21N5O4. The van der Waals surface area contributed by atoms with E-state index >= 15 is 0 Å². The molecule has 28 heavy (non-hydrogen) atoms. The van der Waals surface area contributed by atoms with E-state index in [1.165, 1.54) is 6.33 Å². The van der Waals surface area contributed by atoms with Crippen LogP contribution in [0.25, 0.3) is 5.78 Å². The van der Waals surface area contributed by atoms with Crippen molar-refractivity contribution in [3.8, 4) is 5.75 Å². The predicted octanol–water partition coefficient (Wildman–Crippen LogP) is 1.86. The fraction of sp³-hybridized carbons (Fsp3) is 0.316. The Hall–Kier alpha value is -3.49. The quantitative estimate of drug-likeness (QED) is 0.621. The number of amides is 1. The van der Waals surface area contributed by atoms with E-state index in [-0.39, 0.29) is 13.0 Å². The number of methoxy groups -OCH3 is 1. The van der Waals surface area contributed by atoms with Crippen LogP contribution in [0.1, 0.15) is 23.4 Å². The number of aryl methyl sites for hydroxylation is 2. The van der Waals surface area contributed by atoms with Gasteiger partial charge in [0.05, 0.1) is 7.11 Å². The third-order valence-corrected chi connectivity index (χ3v) is 4.29. The number of nitrogens with one attached hydrogen (secondary N) is 1. The van der Waals surface area contributed by atoms with Crippen LogP contribution in [0.3, 0.4) is 0 Å². The van der Waals surface area contributed by atoms with Crippen LogP contribution in [0.4, 0.5) is 5.69 Å². The summed E-state index contributed by atoms with van der Waals surface area (Å²) in [6, 6.07) is 6.93. The molecule has 0 aliphatic rings. The molecule has 0 unspecified atom stereocenters. The molecule has 0 saturated heterocycles. The first-order chi connectivity index (χ1) is 13.5. The number of benzene rings is 1. The highest BCUT2D eigenvalue weighted by molar-refractivity contribution is 5.92. The number of carbonyl (C=O) groups is 2. The lowest BCUT2D eigenvalue weighted by Crippen LogP contribution is -2.21. The summed E-state index contributed by atoms with van der Waals surface area (Å²) in [7, 11) is 1.54. The van der Waals surface area contributed by atoms with Crippen molar-refractivity contribution in [2.45, 2.75) is 26.7 Å². The molecule has 9 heteroatoms. The molecule has 2 aromatic heterocycles. The molecule has 0 spiro atoms. The second kappa shape index (κ2) is 8.47. The average Bonchev–Trinajstić information content (AvgIpc) is 3.15.